The van der Waals surface area contributed by atoms with E-state index in [2.05, 4.69) is 25.3 Å². The number of carbonyl (C=O) groups is 1. The van der Waals surface area contributed by atoms with Gasteiger partial charge in [0.2, 0.25) is 5.91 Å². The van der Waals surface area contributed by atoms with E-state index in [1.807, 2.05) is 48.3 Å². The Morgan fingerprint density at radius 2 is 1.83 bits per heavy atom. The Labute approximate surface area is 269 Å². The number of fused-ring (bicyclic) bond motifs is 7. The molecule has 2 N–H and O–H groups in total. The van der Waals surface area contributed by atoms with Gasteiger partial charge in [-0.05, 0) is 43.2 Å². The van der Waals surface area contributed by atoms with Gasteiger partial charge in [-0.25, -0.2) is 28.4 Å². The van der Waals surface area contributed by atoms with Gasteiger partial charge >= 0.3 is 0 Å². The van der Waals surface area contributed by atoms with E-state index >= 15 is 0 Å². The number of nitrogens with one attached hydrogen (secondary N) is 1. The van der Waals surface area contributed by atoms with Crippen molar-refractivity contribution in [3.05, 3.63) is 78.8 Å². The number of benzene rings is 2. The Hall–Kier alpha value is -5.37. The maximum Gasteiger partial charge on any atom is 0.245 e. The molecule has 1 amide bonds. The summed E-state index contributed by atoms with van der Waals surface area (Å²) in [4.78, 5) is 33.8. The van der Waals surface area contributed by atoms with Crippen molar-refractivity contribution in [1.82, 2.24) is 29.6 Å². The molecule has 0 unspecified atom stereocenters. The summed E-state index contributed by atoms with van der Waals surface area (Å²) in [6, 6.07) is 14.1. The Bertz CT molecular complexity index is 1970. The molecule has 242 valence electrons. The molecule has 0 radical (unpaired) electrons. The first-order chi connectivity index (χ1) is 22.7. The number of anilines is 4. The Kier molecular flexibility index (Phi) is 7.80. The molecule has 3 aromatic heterocycles. The van der Waals surface area contributed by atoms with E-state index in [1.54, 1.807) is 25.2 Å². The molecule has 1 saturated heterocycles. The van der Waals surface area contributed by atoms with Crippen molar-refractivity contribution in [3.63, 3.8) is 0 Å². The van der Waals surface area contributed by atoms with Crippen LogP contribution >= 0.6 is 0 Å². The normalized spacial score (nSPS) is 18.5. The first kappa shape index (κ1) is 30.3. The SMILES string of the molecule is CN1CCCN(C)c2c(cccc2N(C)O)-c2cccc(n2)N[C@H]2C[C@@H](C1=O)N(c1ncnc3c1cnn3-c1ccc(F)cc1F)C2. The predicted octanol–water partition coefficient (Wildman–Crippen LogP) is 4.34. The molecule has 2 aromatic carbocycles. The number of carbonyl (C=O) groups excluding carboxylic acids is 1. The average Bonchev–Trinajstić information content (AvgIpc) is 3.68. The number of hydrogen-bond acceptors (Lipinski definition) is 10. The van der Waals surface area contributed by atoms with Gasteiger partial charge in [-0.2, -0.15) is 5.10 Å². The second-order valence-electron chi connectivity index (χ2n) is 12.0. The summed E-state index contributed by atoms with van der Waals surface area (Å²) in [6.45, 7) is 1.55. The van der Waals surface area contributed by atoms with E-state index in [1.165, 1.54) is 17.1 Å². The summed E-state index contributed by atoms with van der Waals surface area (Å²) in [5.41, 5.74) is 3.49. The van der Waals surface area contributed by atoms with Gasteiger partial charge in [-0.1, -0.05) is 18.2 Å². The van der Waals surface area contributed by atoms with Crippen molar-refractivity contribution >= 4 is 40.0 Å². The number of likely N-dealkylation sites (N-methyl/N-ethyl adjacent to an activating group) is 1. The van der Waals surface area contributed by atoms with Gasteiger partial charge in [-0.15, -0.1) is 0 Å². The predicted molar refractivity (Wildman–Crippen MR) is 175 cm³/mol. The molecule has 7 rings (SSSR count). The van der Waals surface area contributed by atoms with Gasteiger partial charge < -0.3 is 20.0 Å². The van der Waals surface area contributed by atoms with Crippen LogP contribution in [0.5, 0.6) is 0 Å². The summed E-state index contributed by atoms with van der Waals surface area (Å²) in [7, 11) is 5.36. The number of aromatic nitrogens is 5. The van der Waals surface area contributed by atoms with Crippen molar-refractivity contribution in [2.45, 2.75) is 24.9 Å². The molecule has 12 nitrogen and oxygen atoms in total. The number of hydroxylamine groups is 1. The minimum Gasteiger partial charge on any atom is -0.372 e. The van der Waals surface area contributed by atoms with Crippen LogP contribution in [-0.2, 0) is 4.79 Å². The van der Waals surface area contributed by atoms with Crippen molar-refractivity contribution in [2.75, 3.05) is 61.0 Å². The molecule has 2 aliphatic heterocycles. The number of rotatable bonds is 3. The number of pyridine rings is 1. The summed E-state index contributed by atoms with van der Waals surface area (Å²) in [6.07, 6.45) is 4.07. The third-order valence-corrected chi connectivity index (χ3v) is 8.83. The number of amides is 1. The first-order valence-corrected chi connectivity index (χ1v) is 15.4. The van der Waals surface area contributed by atoms with Crippen LogP contribution in [0.2, 0.25) is 0 Å². The van der Waals surface area contributed by atoms with E-state index in [9.17, 15) is 18.8 Å². The van der Waals surface area contributed by atoms with Crippen molar-refractivity contribution in [3.8, 4) is 16.9 Å². The van der Waals surface area contributed by atoms with E-state index in [-0.39, 0.29) is 17.6 Å². The topological polar surface area (TPSA) is 119 Å². The third-order valence-electron chi connectivity index (χ3n) is 8.83. The lowest BCUT2D eigenvalue weighted by Crippen LogP contribution is -2.45. The zero-order chi connectivity index (χ0) is 32.8. The molecule has 5 aromatic rings. The highest BCUT2D eigenvalue weighted by atomic mass is 19.1. The van der Waals surface area contributed by atoms with Crippen LogP contribution in [0.15, 0.2) is 67.1 Å². The largest absolute Gasteiger partial charge is 0.372 e. The van der Waals surface area contributed by atoms with Crippen molar-refractivity contribution < 1.29 is 18.8 Å². The molecule has 0 saturated carbocycles. The van der Waals surface area contributed by atoms with E-state index in [4.69, 9.17) is 4.98 Å². The number of nitrogens with zero attached hydrogens (tertiary/aromatic N) is 9. The molecule has 1 fully saturated rings. The molecular formula is C33H34F2N10O2. The fraction of sp³-hybridized carbons (Fsp3) is 0.303. The Balaban J connectivity index is 1.28. The van der Waals surface area contributed by atoms with Crippen LogP contribution in [0.25, 0.3) is 28.0 Å². The van der Waals surface area contributed by atoms with E-state index < -0.39 is 17.7 Å². The smallest absolute Gasteiger partial charge is 0.245 e. The molecule has 4 bridgehead atoms. The monoisotopic (exact) mass is 640 g/mol. The average molecular weight is 641 g/mol. The quantitative estimate of drug-likeness (QED) is 0.276. The molecule has 14 heteroatoms. The number of hydrogen-bond donors (Lipinski definition) is 2. The molecule has 2 atom stereocenters. The summed E-state index contributed by atoms with van der Waals surface area (Å²) >= 11 is 0. The van der Waals surface area contributed by atoms with Crippen LogP contribution in [-0.4, -0.2) is 93.6 Å². The summed E-state index contributed by atoms with van der Waals surface area (Å²) < 4.78 is 29.7. The van der Waals surface area contributed by atoms with Gasteiger partial charge in [0.15, 0.2) is 11.5 Å². The molecular weight excluding hydrogens is 606 g/mol. The molecule has 2 aliphatic rings. The maximum atomic E-state index is 14.7. The standard InChI is InChI=1S/C33H34F2N10O2/c1-41-13-6-14-42(2)33(46)28-16-21(39-29-10-5-8-25(40-29)22-7-4-9-27(30(22)41)43(3)47)18-44(28)31-23-17-38-45(32(23)37-19-36-31)26-12-11-20(34)15-24(26)35/h4-5,7-12,15,17,19,21,28,47H,6,13-14,16,18H2,1-3H3,(H,39,40)/t21-,28-/m0/s1. The summed E-state index contributed by atoms with van der Waals surface area (Å²) in [5.74, 6) is -0.382. The van der Waals surface area contributed by atoms with Gasteiger partial charge in [0.1, 0.15) is 35.5 Å². The first-order valence-electron chi connectivity index (χ1n) is 15.4. The third kappa shape index (κ3) is 5.54. The highest BCUT2D eigenvalue weighted by molar-refractivity contribution is 5.93. The Morgan fingerprint density at radius 3 is 2.64 bits per heavy atom. The molecule has 0 aliphatic carbocycles. The lowest BCUT2D eigenvalue weighted by Gasteiger charge is -2.30. The van der Waals surface area contributed by atoms with Gasteiger partial charge in [0, 0.05) is 58.4 Å². The lowest BCUT2D eigenvalue weighted by atomic mass is 10.1. The fourth-order valence-electron chi connectivity index (χ4n) is 6.59. The molecule has 47 heavy (non-hydrogen) atoms. The van der Waals surface area contributed by atoms with Crippen molar-refractivity contribution in [2.24, 2.45) is 0 Å². The van der Waals surface area contributed by atoms with Crippen LogP contribution in [0, 0.1) is 11.6 Å². The second-order valence-corrected chi connectivity index (χ2v) is 12.0. The van der Waals surface area contributed by atoms with Gasteiger partial charge in [0.25, 0.3) is 0 Å². The highest BCUT2D eigenvalue weighted by Crippen LogP contribution is 2.38. The van der Waals surface area contributed by atoms with Crippen molar-refractivity contribution in [1.29, 1.82) is 0 Å². The minimum absolute atomic E-state index is 0.0519. The van der Waals surface area contributed by atoms with Gasteiger partial charge in [-0.3, -0.25) is 15.1 Å². The fourth-order valence-corrected chi connectivity index (χ4v) is 6.59. The second kappa shape index (κ2) is 12.1. The Morgan fingerprint density at radius 1 is 1.02 bits per heavy atom. The minimum atomic E-state index is -0.772. The zero-order valence-corrected chi connectivity index (χ0v) is 26.2. The number of para-hydroxylation sites is 1. The van der Waals surface area contributed by atoms with E-state index in [0.29, 0.717) is 60.8 Å². The van der Waals surface area contributed by atoms with Crippen LogP contribution in [0.1, 0.15) is 12.8 Å². The van der Waals surface area contributed by atoms with Crippen LogP contribution in [0.4, 0.5) is 31.8 Å². The highest BCUT2D eigenvalue weighted by Gasteiger charge is 2.40. The number of halogens is 2. The van der Waals surface area contributed by atoms with Crippen LogP contribution < -0.4 is 20.2 Å². The summed E-state index contributed by atoms with van der Waals surface area (Å²) in [5, 5.41) is 20.0. The maximum absolute atomic E-state index is 14.7. The molecule has 0 spiro atoms. The lowest BCUT2D eigenvalue weighted by molar-refractivity contribution is -0.131. The van der Waals surface area contributed by atoms with Crippen LogP contribution in [0.3, 0.4) is 0 Å². The zero-order valence-electron chi connectivity index (χ0n) is 26.2. The van der Waals surface area contributed by atoms with E-state index in [0.717, 1.165) is 34.1 Å². The molecule has 5 heterocycles. The van der Waals surface area contributed by atoms with Gasteiger partial charge in [0.05, 0.1) is 28.7 Å².